The Kier molecular flexibility index (Phi) is 4.28. The Morgan fingerprint density at radius 3 is 2.48 bits per heavy atom. The first-order valence-electron chi connectivity index (χ1n) is 9.79. The molecular weight excluding hydrogens is 362 g/mol. The molecule has 0 bridgehead atoms. The fourth-order valence-corrected chi connectivity index (χ4v) is 4.02. The zero-order valence-corrected chi connectivity index (χ0v) is 16.2. The van der Waals surface area contributed by atoms with Gasteiger partial charge in [-0.1, -0.05) is 42.5 Å². The molecule has 0 spiro atoms. The normalized spacial score (nSPS) is 12.7. The molecule has 1 N–H and O–H groups in total. The Balaban J connectivity index is 1.58. The molecule has 0 saturated carbocycles. The topological polar surface area (TPSA) is 56.1 Å². The highest BCUT2D eigenvalue weighted by Gasteiger charge is 2.25. The van der Waals surface area contributed by atoms with Crippen molar-refractivity contribution in [2.75, 3.05) is 12.4 Å². The minimum absolute atomic E-state index is 0.195. The van der Waals surface area contributed by atoms with E-state index in [9.17, 15) is 4.79 Å². The van der Waals surface area contributed by atoms with E-state index >= 15 is 0 Å². The van der Waals surface area contributed by atoms with Crippen LogP contribution in [0.15, 0.2) is 66.7 Å². The average Bonchev–Trinajstić information content (AvgIpc) is 3.36. The quantitative estimate of drug-likeness (QED) is 0.552. The predicted octanol–water partition coefficient (Wildman–Crippen LogP) is 4.78. The maximum atomic E-state index is 13.3. The van der Waals surface area contributed by atoms with Crippen molar-refractivity contribution in [1.82, 2.24) is 9.78 Å². The summed E-state index contributed by atoms with van der Waals surface area (Å²) in [6, 6.07) is 21.6. The molecule has 0 radical (unpaired) electrons. The summed E-state index contributed by atoms with van der Waals surface area (Å²) in [5, 5.41) is 9.94. The van der Waals surface area contributed by atoms with Gasteiger partial charge in [-0.25, -0.2) is 4.68 Å². The van der Waals surface area contributed by atoms with Gasteiger partial charge in [-0.05, 0) is 54.3 Å². The van der Waals surface area contributed by atoms with Gasteiger partial charge < -0.3 is 10.1 Å². The Bertz CT molecular complexity index is 1210. The molecule has 1 heterocycles. The van der Waals surface area contributed by atoms with Crippen molar-refractivity contribution in [3.05, 3.63) is 83.6 Å². The van der Waals surface area contributed by atoms with Gasteiger partial charge in [0.25, 0.3) is 5.91 Å². The van der Waals surface area contributed by atoms with Crippen LogP contribution in [0.5, 0.6) is 5.75 Å². The molecule has 0 unspecified atom stereocenters. The number of aryl methyl sites for hydroxylation is 1. The van der Waals surface area contributed by atoms with Crippen molar-refractivity contribution >= 4 is 22.5 Å². The van der Waals surface area contributed by atoms with Gasteiger partial charge in [-0.2, -0.15) is 5.10 Å². The van der Waals surface area contributed by atoms with E-state index in [1.165, 1.54) is 0 Å². The fraction of sp³-hybridized carbons (Fsp3) is 0.167. The molecule has 0 aliphatic heterocycles. The number of para-hydroxylation sites is 1. The van der Waals surface area contributed by atoms with Gasteiger partial charge in [0.2, 0.25) is 0 Å². The van der Waals surface area contributed by atoms with Gasteiger partial charge >= 0.3 is 0 Å². The first-order chi connectivity index (χ1) is 14.2. The van der Waals surface area contributed by atoms with E-state index < -0.39 is 0 Å². The number of rotatable bonds is 4. The third kappa shape index (κ3) is 3.05. The lowest BCUT2D eigenvalue weighted by atomic mass is 10.1. The third-order valence-electron chi connectivity index (χ3n) is 5.45. The van der Waals surface area contributed by atoms with Crippen LogP contribution in [0.4, 0.5) is 5.82 Å². The van der Waals surface area contributed by atoms with Crippen LogP contribution in [-0.2, 0) is 12.8 Å². The van der Waals surface area contributed by atoms with Crippen molar-refractivity contribution < 1.29 is 9.53 Å². The van der Waals surface area contributed by atoms with Crippen molar-refractivity contribution in [3.63, 3.8) is 0 Å². The summed E-state index contributed by atoms with van der Waals surface area (Å²) in [4.78, 5) is 13.3. The molecular formula is C24H21N3O2. The summed E-state index contributed by atoms with van der Waals surface area (Å²) in [7, 11) is 1.59. The van der Waals surface area contributed by atoms with Crippen LogP contribution in [0, 0.1) is 0 Å². The van der Waals surface area contributed by atoms with Crippen molar-refractivity contribution in [1.29, 1.82) is 0 Å². The summed E-state index contributed by atoms with van der Waals surface area (Å²) < 4.78 is 7.36. The number of methoxy groups -OCH3 is 1. The van der Waals surface area contributed by atoms with Crippen molar-refractivity contribution in [2.45, 2.75) is 19.3 Å². The number of ether oxygens (including phenoxy) is 1. The van der Waals surface area contributed by atoms with E-state index in [1.54, 1.807) is 7.11 Å². The maximum absolute atomic E-state index is 13.3. The number of amides is 1. The van der Waals surface area contributed by atoms with E-state index in [4.69, 9.17) is 9.84 Å². The molecule has 4 aromatic rings. The number of anilines is 1. The molecule has 29 heavy (non-hydrogen) atoms. The number of hydrogen-bond acceptors (Lipinski definition) is 3. The first kappa shape index (κ1) is 17.5. The lowest BCUT2D eigenvalue weighted by molar-refractivity contribution is 0.102. The minimum atomic E-state index is -0.195. The molecule has 1 amide bonds. The Morgan fingerprint density at radius 2 is 1.72 bits per heavy atom. The highest BCUT2D eigenvalue weighted by molar-refractivity contribution is 6.08. The Labute approximate surface area is 168 Å². The van der Waals surface area contributed by atoms with Gasteiger partial charge in [0.1, 0.15) is 11.6 Å². The smallest absolute Gasteiger partial charge is 0.260 e. The van der Waals surface area contributed by atoms with Crippen molar-refractivity contribution in [3.8, 4) is 11.4 Å². The number of nitrogens with zero attached hydrogens (tertiary/aromatic N) is 2. The largest absolute Gasteiger partial charge is 0.496 e. The number of carbonyl (C=O) groups excluding carboxylic acids is 1. The summed E-state index contributed by atoms with van der Waals surface area (Å²) in [5.41, 5.74) is 3.64. The van der Waals surface area contributed by atoms with Crippen LogP contribution in [-0.4, -0.2) is 22.8 Å². The molecule has 1 aromatic heterocycles. The van der Waals surface area contributed by atoms with E-state index in [-0.39, 0.29) is 5.91 Å². The molecule has 1 aliphatic rings. The lowest BCUT2D eigenvalue weighted by Crippen LogP contribution is -2.17. The zero-order valence-electron chi connectivity index (χ0n) is 16.2. The number of aromatic nitrogens is 2. The van der Waals surface area contributed by atoms with E-state index in [0.29, 0.717) is 11.3 Å². The van der Waals surface area contributed by atoms with Crippen molar-refractivity contribution in [2.24, 2.45) is 0 Å². The molecule has 5 nitrogen and oxygen atoms in total. The molecule has 144 valence electrons. The highest BCUT2D eigenvalue weighted by atomic mass is 16.5. The summed E-state index contributed by atoms with van der Waals surface area (Å²) in [6.45, 7) is 0. The van der Waals surface area contributed by atoms with Crippen LogP contribution < -0.4 is 10.1 Å². The maximum Gasteiger partial charge on any atom is 0.260 e. The van der Waals surface area contributed by atoms with Crippen LogP contribution in [0.1, 0.15) is 28.0 Å². The zero-order chi connectivity index (χ0) is 19.8. The number of benzene rings is 3. The number of hydrogen-bond donors (Lipinski definition) is 1. The fourth-order valence-electron chi connectivity index (χ4n) is 4.02. The third-order valence-corrected chi connectivity index (χ3v) is 5.45. The summed E-state index contributed by atoms with van der Waals surface area (Å²) in [6.07, 6.45) is 2.93. The second-order valence-corrected chi connectivity index (χ2v) is 7.23. The van der Waals surface area contributed by atoms with Crippen LogP contribution in [0.25, 0.3) is 16.5 Å². The van der Waals surface area contributed by atoms with Crippen LogP contribution in [0.3, 0.4) is 0 Å². The predicted molar refractivity (Wildman–Crippen MR) is 114 cm³/mol. The Hall–Kier alpha value is -3.60. The molecule has 0 fully saturated rings. The van der Waals surface area contributed by atoms with E-state index in [1.807, 2.05) is 71.4 Å². The average molecular weight is 383 g/mol. The molecule has 0 atom stereocenters. The molecule has 0 saturated heterocycles. The van der Waals surface area contributed by atoms with Crippen LogP contribution in [0.2, 0.25) is 0 Å². The number of fused-ring (bicyclic) bond motifs is 2. The SMILES string of the molecule is COc1cc2ccccc2cc1C(=O)Nc1c2c(nn1-c1ccccc1)CCC2. The standard InChI is InChI=1S/C24H21N3O2/c1-29-22-15-17-9-6-5-8-16(17)14-20(22)24(28)25-23-19-12-7-13-21(19)26-27(23)18-10-3-2-4-11-18/h2-6,8-11,14-15H,7,12-13H2,1H3,(H,25,28). The van der Waals surface area contributed by atoms with E-state index in [0.717, 1.165) is 52.8 Å². The molecule has 5 heteroatoms. The molecule has 3 aromatic carbocycles. The summed E-state index contributed by atoms with van der Waals surface area (Å²) in [5.74, 6) is 1.12. The van der Waals surface area contributed by atoms with Gasteiger partial charge in [-0.3, -0.25) is 4.79 Å². The second kappa shape index (κ2) is 7.09. The van der Waals surface area contributed by atoms with Gasteiger partial charge in [0.15, 0.2) is 0 Å². The van der Waals surface area contributed by atoms with Gasteiger partial charge in [0, 0.05) is 5.56 Å². The highest BCUT2D eigenvalue weighted by Crippen LogP contribution is 2.32. The van der Waals surface area contributed by atoms with Gasteiger partial charge in [-0.15, -0.1) is 0 Å². The Morgan fingerprint density at radius 1 is 1.00 bits per heavy atom. The lowest BCUT2D eigenvalue weighted by Gasteiger charge is -2.13. The van der Waals surface area contributed by atoms with E-state index in [2.05, 4.69) is 5.32 Å². The summed E-state index contributed by atoms with van der Waals surface area (Å²) >= 11 is 0. The number of carbonyl (C=O) groups is 1. The van der Waals surface area contributed by atoms with Crippen LogP contribution >= 0.6 is 0 Å². The van der Waals surface area contributed by atoms with Gasteiger partial charge in [0.05, 0.1) is 24.1 Å². The molecule has 5 rings (SSSR count). The minimum Gasteiger partial charge on any atom is -0.496 e. The number of nitrogens with one attached hydrogen (secondary N) is 1. The monoisotopic (exact) mass is 383 g/mol. The second-order valence-electron chi connectivity index (χ2n) is 7.23. The molecule has 1 aliphatic carbocycles. The first-order valence-corrected chi connectivity index (χ1v) is 9.79.